The molecule has 0 radical (unpaired) electrons. The minimum absolute atomic E-state index is 0.0319. The number of rotatable bonds is 4. The SMILES string of the molecule is Cc1ccc(Cc2cccc([C@@H]3CCCN3C(=O)c3ccc(F)cc3)n2)cc1. The van der Waals surface area contributed by atoms with Crippen LogP contribution in [0.5, 0.6) is 0 Å². The van der Waals surface area contributed by atoms with Crippen molar-refractivity contribution in [3.05, 3.63) is 101 Å². The van der Waals surface area contributed by atoms with Crippen LogP contribution < -0.4 is 0 Å². The van der Waals surface area contributed by atoms with E-state index in [9.17, 15) is 9.18 Å². The Bertz CT molecular complexity index is 967. The van der Waals surface area contributed by atoms with Gasteiger partial charge in [-0.3, -0.25) is 9.78 Å². The predicted molar refractivity (Wildman–Crippen MR) is 108 cm³/mol. The Morgan fingerprint density at radius 2 is 1.82 bits per heavy atom. The molecule has 1 aromatic heterocycles. The maximum atomic E-state index is 13.2. The van der Waals surface area contributed by atoms with Crippen LogP contribution in [-0.2, 0) is 6.42 Å². The van der Waals surface area contributed by atoms with Crippen molar-refractivity contribution in [1.29, 1.82) is 0 Å². The molecule has 2 aromatic carbocycles. The summed E-state index contributed by atoms with van der Waals surface area (Å²) in [5.41, 5.74) is 4.91. The number of halogens is 1. The summed E-state index contributed by atoms with van der Waals surface area (Å²) < 4.78 is 13.2. The van der Waals surface area contributed by atoms with Gasteiger partial charge in [-0.05, 0) is 61.7 Å². The van der Waals surface area contributed by atoms with Crippen LogP contribution in [0.3, 0.4) is 0 Å². The summed E-state index contributed by atoms with van der Waals surface area (Å²) in [4.78, 5) is 19.7. The normalized spacial score (nSPS) is 16.4. The fourth-order valence-electron chi connectivity index (χ4n) is 3.77. The van der Waals surface area contributed by atoms with Gasteiger partial charge in [-0.15, -0.1) is 0 Å². The molecule has 1 amide bonds. The molecule has 1 fully saturated rings. The van der Waals surface area contributed by atoms with E-state index >= 15 is 0 Å². The molecule has 0 aliphatic carbocycles. The maximum Gasteiger partial charge on any atom is 0.254 e. The van der Waals surface area contributed by atoms with Crippen LogP contribution in [0.2, 0.25) is 0 Å². The molecule has 0 saturated carbocycles. The highest BCUT2D eigenvalue weighted by atomic mass is 19.1. The van der Waals surface area contributed by atoms with Gasteiger partial charge >= 0.3 is 0 Å². The van der Waals surface area contributed by atoms with Crippen molar-refractivity contribution in [2.45, 2.75) is 32.2 Å². The molecule has 28 heavy (non-hydrogen) atoms. The van der Waals surface area contributed by atoms with Gasteiger partial charge in [0.1, 0.15) is 5.82 Å². The van der Waals surface area contributed by atoms with Gasteiger partial charge in [0.05, 0.1) is 11.7 Å². The van der Waals surface area contributed by atoms with E-state index in [1.807, 2.05) is 23.1 Å². The molecule has 3 nitrogen and oxygen atoms in total. The topological polar surface area (TPSA) is 33.2 Å². The number of hydrogen-bond donors (Lipinski definition) is 0. The summed E-state index contributed by atoms with van der Waals surface area (Å²) in [6, 6.07) is 20.3. The van der Waals surface area contributed by atoms with Crippen LogP contribution in [0.15, 0.2) is 66.7 Å². The summed E-state index contributed by atoms with van der Waals surface area (Å²) in [6.45, 7) is 2.78. The molecular formula is C24H23FN2O. The first-order valence-corrected chi connectivity index (χ1v) is 9.68. The molecule has 0 unspecified atom stereocenters. The second-order valence-corrected chi connectivity index (χ2v) is 7.38. The van der Waals surface area contributed by atoms with Crippen LogP contribution in [0.1, 0.15) is 51.8 Å². The van der Waals surface area contributed by atoms with Gasteiger partial charge in [-0.2, -0.15) is 0 Å². The van der Waals surface area contributed by atoms with E-state index < -0.39 is 0 Å². The van der Waals surface area contributed by atoms with E-state index in [-0.39, 0.29) is 17.8 Å². The second-order valence-electron chi connectivity index (χ2n) is 7.38. The maximum absolute atomic E-state index is 13.2. The number of pyridine rings is 1. The number of aromatic nitrogens is 1. The fraction of sp³-hybridized carbons (Fsp3) is 0.250. The standard InChI is InChI=1S/C24H23FN2O/c1-17-7-9-18(10-8-17)16-21-4-2-5-22(26-21)23-6-3-15-27(23)24(28)19-11-13-20(25)14-12-19/h2,4-5,7-14,23H,3,6,15-16H2,1H3/t23-/m0/s1. The Morgan fingerprint density at radius 3 is 2.57 bits per heavy atom. The van der Waals surface area contributed by atoms with Gasteiger partial charge in [0.25, 0.3) is 5.91 Å². The Kier molecular flexibility index (Phi) is 5.20. The second kappa shape index (κ2) is 7.93. The number of hydrogen-bond acceptors (Lipinski definition) is 2. The summed E-state index contributed by atoms with van der Waals surface area (Å²) in [5.74, 6) is -0.395. The van der Waals surface area contributed by atoms with Gasteiger partial charge in [-0.1, -0.05) is 35.9 Å². The lowest BCUT2D eigenvalue weighted by atomic mass is 10.1. The first-order chi connectivity index (χ1) is 13.6. The molecule has 1 saturated heterocycles. The number of nitrogens with zero attached hydrogens (tertiary/aromatic N) is 2. The molecule has 4 rings (SSSR count). The highest BCUT2D eigenvalue weighted by molar-refractivity contribution is 5.94. The lowest BCUT2D eigenvalue weighted by Gasteiger charge is -2.25. The molecule has 142 valence electrons. The molecule has 4 heteroatoms. The molecule has 3 aromatic rings. The Morgan fingerprint density at radius 1 is 1.07 bits per heavy atom. The molecule has 2 heterocycles. The molecular weight excluding hydrogens is 351 g/mol. The van der Waals surface area contributed by atoms with Gasteiger partial charge in [0, 0.05) is 24.2 Å². The number of likely N-dealkylation sites (tertiary alicyclic amines) is 1. The number of carbonyl (C=O) groups excluding carboxylic acids is 1. The van der Waals surface area contributed by atoms with Crippen LogP contribution >= 0.6 is 0 Å². The van der Waals surface area contributed by atoms with E-state index in [4.69, 9.17) is 4.98 Å². The number of aryl methyl sites for hydroxylation is 1. The summed E-state index contributed by atoms with van der Waals surface area (Å²) >= 11 is 0. The highest BCUT2D eigenvalue weighted by Crippen LogP contribution is 2.32. The van der Waals surface area contributed by atoms with E-state index in [0.717, 1.165) is 30.7 Å². The Balaban J connectivity index is 1.55. The van der Waals surface area contributed by atoms with Crippen molar-refractivity contribution in [2.75, 3.05) is 6.54 Å². The van der Waals surface area contributed by atoms with E-state index in [2.05, 4.69) is 31.2 Å². The predicted octanol–water partition coefficient (Wildman–Crippen LogP) is 5.10. The van der Waals surface area contributed by atoms with Crippen molar-refractivity contribution in [2.24, 2.45) is 0 Å². The molecule has 1 aliphatic heterocycles. The minimum Gasteiger partial charge on any atom is -0.330 e. The first-order valence-electron chi connectivity index (χ1n) is 9.68. The zero-order valence-electron chi connectivity index (χ0n) is 15.9. The quantitative estimate of drug-likeness (QED) is 0.637. The molecule has 0 bridgehead atoms. The Labute approximate surface area is 164 Å². The van der Waals surface area contributed by atoms with Gasteiger partial charge in [0.15, 0.2) is 0 Å². The van der Waals surface area contributed by atoms with Crippen LogP contribution in [0.25, 0.3) is 0 Å². The van der Waals surface area contributed by atoms with Crippen LogP contribution in [0.4, 0.5) is 4.39 Å². The third kappa shape index (κ3) is 3.96. The van der Waals surface area contributed by atoms with Crippen molar-refractivity contribution in [3.8, 4) is 0 Å². The average molecular weight is 374 g/mol. The van der Waals surface area contributed by atoms with Gasteiger partial charge < -0.3 is 4.90 Å². The van der Waals surface area contributed by atoms with Crippen LogP contribution in [0, 0.1) is 12.7 Å². The van der Waals surface area contributed by atoms with Gasteiger partial charge in [-0.25, -0.2) is 4.39 Å². The summed E-state index contributed by atoms with van der Waals surface area (Å²) in [6.07, 6.45) is 2.61. The van der Waals surface area contributed by atoms with Crippen molar-refractivity contribution >= 4 is 5.91 Å². The molecule has 1 atom stereocenters. The third-order valence-electron chi connectivity index (χ3n) is 5.28. The van der Waals surface area contributed by atoms with E-state index in [0.29, 0.717) is 12.1 Å². The zero-order chi connectivity index (χ0) is 19.5. The van der Waals surface area contributed by atoms with Crippen molar-refractivity contribution in [1.82, 2.24) is 9.88 Å². The Hall–Kier alpha value is -3.01. The lowest BCUT2D eigenvalue weighted by Crippen LogP contribution is -2.31. The van der Waals surface area contributed by atoms with E-state index in [1.165, 1.54) is 23.3 Å². The number of amides is 1. The largest absolute Gasteiger partial charge is 0.330 e. The number of carbonyl (C=O) groups is 1. The van der Waals surface area contributed by atoms with Crippen LogP contribution in [-0.4, -0.2) is 22.3 Å². The zero-order valence-corrected chi connectivity index (χ0v) is 15.9. The third-order valence-corrected chi connectivity index (χ3v) is 5.28. The summed E-state index contributed by atoms with van der Waals surface area (Å²) in [7, 11) is 0. The van der Waals surface area contributed by atoms with Gasteiger partial charge in [0.2, 0.25) is 0 Å². The fourth-order valence-corrected chi connectivity index (χ4v) is 3.77. The van der Waals surface area contributed by atoms with Crippen molar-refractivity contribution < 1.29 is 9.18 Å². The summed E-state index contributed by atoms with van der Waals surface area (Å²) in [5, 5.41) is 0. The smallest absolute Gasteiger partial charge is 0.254 e. The van der Waals surface area contributed by atoms with E-state index in [1.54, 1.807) is 12.1 Å². The molecule has 0 N–H and O–H groups in total. The lowest BCUT2D eigenvalue weighted by molar-refractivity contribution is 0.0732. The minimum atomic E-state index is -0.333. The number of benzene rings is 2. The first kappa shape index (κ1) is 18.4. The van der Waals surface area contributed by atoms with Crippen molar-refractivity contribution in [3.63, 3.8) is 0 Å². The molecule has 0 spiro atoms. The molecule has 1 aliphatic rings. The monoisotopic (exact) mass is 374 g/mol. The average Bonchev–Trinajstić information content (AvgIpc) is 3.20. The highest BCUT2D eigenvalue weighted by Gasteiger charge is 2.31.